The van der Waals surface area contributed by atoms with Gasteiger partial charge < -0.3 is 15.8 Å². The third kappa shape index (κ3) is 3.98. The largest absolute Gasteiger partial charge is 0.481 e. The summed E-state index contributed by atoms with van der Waals surface area (Å²) in [6.45, 7) is 2.51. The number of hydrogen-bond donors (Lipinski definition) is 2. The first-order valence-electron chi connectivity index (χ1n) is 6.30. The first-order valence-corrected chi connectivity index (χ1v) is 6.30. The van der Waals surface area contributed by atoms with Gasteiger partial charge in [0.1, 0.15) is 0 Å². The van der Waals surface area contributed by atoms with Crippen molar-refractivity contribution >= 4 is 11.6 Å². The molecule has 104 valence electrons. The number of nitrogens with zero attached hydrogens (tertiary/aromatic N) is 2. The van der Waals surface area contributed by atoms with Crippen molar-refractivity contribution in [1.82, 2.24) is 4.98 Å². The SMILES string of the molecule is COc1cc(CN=C(N)Nc2cccc(C)c2)ccn1. The maximum Gasteiger partial charge on any atom is 0.213 e. The molecule has 0 fully saturated rings. The van der Waals surface area contributed by atoms with Gasteiger partial charge in [-0.05, 0) is 36.2 Å². The van der Waals surface area contributed by atoms with Crippen molar-refractivity contribution in [3.63, 3.8) is 0 Å². The summed E-state index contributed by atoms with van der Waals surface area (Å²) in [5, 5.41) is 3.06. The van der Waals surface area contributed by atoms with Crippen molar-refractivity contribution in [3.05, 3.63) is 53.7 Å². The van der Waals surface area contributed by atoms with E-state index in [0.717, 1.165) is 11.3 Å². The van der Waals surface area contributed by atoms with Crippen LogP contribution in [0.4, 0.5) is 5.69 Å². The van der Waals surface area contributed by atoms with Crippen LogP contribution in [-0.4, -0.2) is 18.1 Å². The van der Waals surface area contributed by atoms with E-state index in [2.05, 4.69) is 15.3 Å². The Bertz CT molecular complexity index is 610. The number of guanidine groups is 1. The summed E-state index contributed by atoms with van der Waals surface area (Å²) in [5.74, 6) is 0.953. The summed E-state index contributed by atoms with van der Waals surface area (Å²) in [6, 6.07) is 11.7. The number of nitrogens with two attached hydrogens (primary N) is 1. The molecule has 5 heteroatoms. The standard InChI is InChI=1S/C15H18N4O/c1-11-4-3-5-13(8-11)19-15(16)18-10-12-6-7-17-14(9-12)20-2/h3-9H,10H2,1-2H3,(H3,16,18,19). The Labute approximate surface area is 118 Å². The van der Waals surface area contributed by atoms with Crippen LogP contribution in [0.1, 0.15) is 11.1 Å². The van der Waals surface area contributed by atoms with Crippen molar-refractivity contribution in [1.29, 1.82) is 0 Å². The molecule has 1 heterocycles. The number of anilines is 1. The molecule has 0 radical (unpaired) electrons. The molecule has 0 aliphatic carbocycles. The number of aryl methyl sites for hydroxylation is 1. The minimum atomic E-state index is 0.381. The van der Waals surface area contributed by atoms with Gasteiger partial charge in [-0.15, -0.1) is 0 Å². The van der Waals surface area contributed by atoms with E-state index in [1.54, 1.807) is 13.3 Å². The normalized spacial score (nSPS) is 11.2. The number of aliphatic imine (C=N–C) groups is 1. The van der Waals surface area contributed by atoms with E-state index < -0.39 is 0 Å². The predicted octanol–water partition coefficient (Wildman–Crippen LogP) is 2.33. The number of nitrogens with one attached hydrogen (secondary N) is 1. The quantitative estimate of drug-likeness (QED) is 0.660. The van der Waals surface area contributed by atoms with Crippen molar-refractivity contribution in [2.24, 2.45) is 10.7 Å². The lowest BCUT2D eigenvalue weighted by Crippen LogP contribution is -2.22. The Morgan fingerprint density at radius 2 is 2.20 bits per heavy atom. The van der Waals surface area contributed by atoms with Gasteiger partial charge in [0.05, 0.1) is 13.7 Å². The van der Waals surface area contributed by atoms with Gasteiger partial charge in [0.15, 0.2) is 5.96 Å². The Balaban J connectivity index is 2.00. The van der Waals surface area contributed by atoms with Crippen LogP contribution in [0.2, 0.25) is 0 Å². The summed E-state index contributed by atoms with van der Waals surface area (Å²) in [7, 11) is 1.59. The van der Waals surface area contributed by atoms with Crippen molar-refractivity contribution < 1.29 is 4.74 Å². The molecule has 0 amide bonds. The smallest absolute Gasteiger partial charge is 0.213 e. The zero-order valence-electron chi connectivity index (χ0n) is 11.6. The zero-order valence-corrected chi connectivity index (χ0v) is 11.6. The van der Waals surface area contributed by atoms with Gasteiger partial charge in [0, 0.05) is 18.0 Å². The number of aromatic nitrogens is 1. The monoisotopic (exact) mass is 270 g/mol. The first kappa shape index (κ1) is 13.9. The van der Waals surface area contributed by atoms with Gasteiger partial charge >= 0.3 is 0 Å². The van der Waals surface area contributed by atoms with Gasteiger partial charge in [0.25, 0.3) is 0 Å². The summed E-state index contributed by atoms with van der Waals surface area (Å²) < 4.78 is 5.06. The lowest BCUT2D eigenvalue weighted by Gasteiger charge is -2.06. The molecule has 3 N–H and O–H groups in total. The van der Waals surface area contributed by atoms with E-state index in [1.807, 2.05) is 43.3 Å². The Morgan fingerprint density at radius 3 is 2.95 bits per heavy atom. The zero-order chi connectivity index (χ0) is 14.4. The fourth-order valence-electron chi connectivity index (χ4n) is 1.75. The molecule has 2 rings (SSSR count). The third-order valence-corrected chi connectivity index (χ3v) is 2.73. The fourth-order valence-corrected chi connectivity index (χ4v) is 1.75. The summed E-state index contributed by atoms with van der Waals surface area (Å²) >= 11 is 0. The molecule has 1 aromatic heterocycles. The van der Waals surface area contributed by atoms with E-state index in [4.69, 9.17) is 10.5 Å². The van der Waals surface area contributed by atoms with Gasteiger partial charge in [0.2, 0.25) is 5.88 Å². The van der Waals surface area contributed by atoms with Crippen LogP contribution in [0.5, 0.6) is 5.88 Å². The van der Waals surface area contributed by atoms with Crippen molar-refractivity contribution in [2.45, 2.75) is 13.5 Å². The van der Waals surface area contributed by atoms with E-state index in [1.165, 1.54) is 5.56 Å². The van der Waals surface area contributed by atoms with E-state index in [9.17, 15) is 0 Å². The lowest BCUT2D eigenvalue weighted by atomic mass is 10.2. The maximum absolute atomic E-state index is 5.87. The average Bonchev–Trinajstić information content (AvgIpc) is 2.45. The molecule has 0 aliphatic rings. The van der Waals surface area contributed by atoms with Crippen LogP contribution in [0, 0.1) is 6.92 Å². The second-order valence-corrected chi connectivity index (χ2v) is 4.40. The van der Waals surface area contributed by atoms with Crippen molar-refractivity contribution in [3.8, 4) is 5.88 Å². The van der Waals surface area contributed by atoms with Crippen LogP contribution < -0.4 is 15.8 Å². The number of rotatable bonds is 4. The molecule has 2 aromatic rings. The van der Waals surface area contributed by atoms with Crippen LogP contribution >= 0.6 is 0 Å². The molecule has 0 saturated carbocycles. The molecule has 0 bridgehead atoms. The van der Waals surface area contributed by atoms with Crippen LogP contribution in [0.3, 0.4) is 0 Å². The minimum absolute atomic E-state index is 0.381. The Hall–Kier alpha value is -2.56. The third-order valence-electron chi connectivity index (χ3n) is 2.73. The van der Waals surface area contributed by atoms with E-state index >= 15 is 0 Å². The predicted molar refractivity (Wildman–Crippen MR) is 80.9 cm³/mol. The van der Waals surface area contributed by atoms with Crippen LogP contribution in [-0.2, 0) is 6.54 Å². The highest BCUT2D eigenvalue weighted by Gasteiger charge is 1.98. The van der Waals surface area contributed by atoms with Gasteiger partial charge in [-0.1, -0.05) is 12.1 Å². The topological polar surface area (TPSA) is 72.5 Å². The summed E-state index contributed by atoms with van der Waals surface area (Å²) in [4.78, 5) is 8.34. The summed E-state index contributed by atoms with van der Waals surface area (Å²) in [5.41, 5.74) is 8.96. The average molecular weight is 270 g/mol. The number of methoxy groups -OCH3 is 1. The van der Waals surface area contributed by atoms with Crippen LogP contribution in [0.25, 0.3) is 0 Å². The molecule has 5 nitrogen and oxygen atoms in total. The molecule has 0 aliphatic heterocycles. The van der Waals surface area contributed by atoms with Gasteiger partial charge in [-0.3, -0.25) is 0 Å². The number of pyridine rings is 1. The number of ether oxygens (including phenoxy) is 1. The van der Waals surface area contributed by atoms with Crippen LogP contribution in [0.15, 0.2) is 47.6 Å². The number of hydrogen-bond acceptors (Lipinski definition) is 3. The molecule has 1 aromatic carbocycles. The minimum Gasteiger partial charge on any atom is -0.481 e. The second-order valence-electron chi connectivity index (χ2n) is 4.40. The van der Waals surface area contributed by atoms with Gasteiger partial charge in [-0.2, -0.15) is 0 Å². The van der Waals surface area contributed by atoms with Gasteiger partial charge in [-0.25, -0.2) is 9.98 Å². The van der Waals surface area contributed by atoms with E-state index in [0.29, 0.717) is 18.4 Å². The first-order chi connectivity index (χ1) is 9.67. The van der Waals surface area contributed by atoms with E-state index in [-0.39, 0.29) is 0 Å². The molecule has 0 atom stereocenters. The maximum atomic E-state index is 5.87. The molecular weight excluding hydrogens is 252 g/mol. The molecule has 0 saturated heterocycles. The molecule has 0 unspecified atom stereocenters. The highest BCUT2D eigenvalue weighted by molar-refractivity contribution is 5.92. The Kier molecular flexibility index (Phi) is 4.55. The fraction of sp³-hybridized carbons (Fsp3) is 0.200. The van der Waals surface area contributed by atoms with Crippen molar-refractivity contribution in [2.75, 3.05) is 12.4 Å². The lowest BCUT2D eigenvalue weighted by molar-refractivity contribution is 0.397. The molecule has 0 spiro atoms. The Morgan fingerprint density at radius 1 is 1.35 bits per heavy atom. The molecule has 20 heavy (non-hydrogen) atoms. The second kappa shape index (κ2) is 6.56. The number of benzene rings is 1. The summed E-state index contributed by atoms with van der Waals surface area (Å²) in [6.07, 6.45) is 1.69. The molecular formula is C15H18N4O. The highest BCUT2D eigenvalue weighted by Crippen LogP contribution is 2.11. The highest BCUT2D eigenvalue weighted by atomic mass is 16.5.